The number of carbonyl (C=O) groups excluding carboxylic acids is 1. The molecule has 0 saturated carbocycles. The van der Waals surface area contributed by atoms with E-state index in [1.807, 2.05) is 32.0 Å². The number of hydrogen-bond donors (Lipinski definition) is 2. The van der Waals surface area contributed by atoms with E-state index in [-0.39, 0.29) is 23.6 Å². The summed E-state index contributed by atoms with van der Waals surface area (Å²) in [6, 6.07) is 5.20. The zero-order valence-corrected chi connectivity index (χ0v) is 13.7. The molecule has 1 aromatic carbocycles. The lowest BCUT2D eigenvalue weighted by molar-refractivity contribution is 0.233. The van der Waals surface area contributed by atoms with Crippen LogP contribution in [-0.4, -0.2) is 45.1 Å². The SMILES string of the molecule is Cc1ccc(OCCNC(=O)NC2CCS(=O)(=O)C2)cc1C. The lowest BCUT2D eigenvalue weighted by Gasteiger charge is -2.13. The molecule has 1 aromatic rings. The Morgan fingerprint density at radius 2 is 2.09 bits per heavy atom. The van der Waals surface area contributed by atoms with Crippen molar-refractivity contribution in [1.82, 2.24) is 10.6 Å². The maximum atomic E-state index is 11.6. The number of urea groups is 1. The smallest absolute Gasteiger partial charge is 0.315 e. The number of aryl methyl sites for hydroxylation is 2. The Morgan fingerprint density at radius 1 is 1.32 bits per heavy atom. The minimum absolute atomic E-state index is 0.0273. The largest absolute Gasteiger partial charge is 0.492 e. The average Bonchev–Trinajstić information content (AvgIpc) is 2.78. The average molecular weight is 326 g/mol. The van der Waals surface area contributed by atoms with Crippen LogP contribution in [0.25, 0.3) is 0 Å². The highest BCUT2D eigenvalue weighted by Crippen LogP contribution is 2.16. The van der Waals surface area contributed by atoms with Crippen molar-refractivity contribution in [2.45, 2.75) is 26.3 Å². The summed E-state index contributed by atoms with van der Waals surface area (Å²) in [5, 5.41) is 5.33. The van der Waals surface area contributed by atoms with Crippen LogP contribution in [0.5, 0.6) is 5.75 Å². The number of rotatable bonds is 5. The highest BCUT2D eigenvalue weighted by atomic mass is 32.2. The van der Waals surface area contributed by atoms with Crippen LogP contribution >= 0.6 is 0 Å². The zero-order chi connectivity index (χ0) is 16.2. The lowest BCUT2D eigenvalue weighted by atomic mass is 10.1. The molecule has 22 heavy (non-hydrogen) atoms. The molecule has 0 bridgehead atoms. The Kier molecular flexibility index (Phi) is 5.28. The first-order valence-electron chi connectivity index (χ1n) is 7.30. The van der Waals surface area contributed by atoms with Crippen LogP contribution in [0.15, 0.2) is 18.2 Å². The van der Waals surface area contributed by atoms with Gasteiger partial charge < -0.3 is 15.4 Å². The number of amides is 2. The molecular formula is C15H22N2O4S. The van der Waals surface area contributed by atoms with E-state index in [1.165, 1.54) is 5.56 Å². The van der Waals surface area contributed by atoms with Crippen LogP contribution in [0.2, 0.25) is 0 Å². The van der Waals surface area contributed by atoms with E-state index in [9.17, 15) is 13.2 Å². The molecule has 0 spiro atoms. The summed E-state index contributed by atoms with van der Waals surface area (Å²) < 4.78 is 28.2. The maximum Gasteiger partial charge on any atom is 0.315 e. The molecule has 2 rings (SSSR count). The molecule has 1 aliphatic heterocycles. The van der Waals surface area contributed by atoms with E-state index >= 15 is 0 Å². The second-order valence-corrected chi connectivity index (χ2v) is 7.82. The van der Waals surface area contributed by atoms with Gasteiger partial charge in [-0.2, -0.15) is 0 Å². The second-order valence-electron chi connectivity index (χ2n) is 5.59. The van der Waals surface area contributed by atoms with Gasteiger partial charge in [-0.25, -0.2) is 13.2 Å². The van der Waals surface area contributed by atoms with Gasteiger partial charge in [0, 0.05) is 6.04 Å². The van der Waals surface area contributed by atoms with Crippen LogP contribution < -0.4 is 15.4 Å². The molecule has 0 aliphatic carbocycles. The summed E-state index contributed by atoms with van der Waals surface area (Å²) in [5.41, 5.74) is 2.36. The fourth-order valence-corrected chi connectivity index (χ4v) is 3.96. The van der Waals surface area contributed by atoms with Crippen molar-refractivity contribution < 1.29 is 17.9 Å². The van der Waals surface area contributed by atoms with Crippen molar-refractivity contribution in [3.63, 3.8) is 0 Å². The van der Waals surface area contributed by atoms with Crippen molar-refractivity contribution in [3.05, 3.63) is 29.3 Å². The zero-order valence-electron chi connectivity index (χ0n) is 12.9. The summed E-state index contributed by atoms with van der Waals surface area (Å²) in [6.45, 7) is 4.77. The standard InChI is InChI=1S/C15H22N2O4S/c1-11-3-4-14(9-12(11)2)21-7-6-16-15(18)17-13-5-8-22(19,20)10-13/h3-4,9,13H,5-8,10H2,1-2H3,(H2,16,17,18). The van der Waals surface area contributed by atoms with E-state index < -0.39 is 9.84 Å². The summed E-state index contributed by atoms with van der Waals surface area (Å²) in [4.78, 5) is 11.6. The third-order valence-corrected chi connectivity index (χ3v) is 5.47. The minimum Gasteiger partial charge on any atom is -0.492 e. The van der Waals surface area contributed by atoms with Gasteiger partial charge >= 0.3 is 6.03 Å². The van der Waals surface area contributed by atoms with Gasteiger partial charge in [-0.1, -0.05) is 6.07 Å². The highest BCUT2D eigenvalue weighted by Gasteiger charge is 2.28. The monoisotopic (exact) mass is 326 g/mol. The lowest BCUT2D eigenvalue weighted by Crippen LogP contribution is -2.43. The molecule has 1 saturated heterocycles. The predicted molar refractivity (Wildman–Crippen MR) is 85.0 cm³/mol. The first kappa shape index (κ1) is 16.6. The summed E-state index contributed by atoms with van der Waals surface area (Å²) >= 11 is 0. The molecule has 2 N–H and O–H groups in total. The fourth-order valence-electron chi connectivity index (χ4n) is 2.28. The van der Waals surface area contributed by atoms with E-state index in [4.69, 9.17) is 4.74 Å². The fraction of sp³-hybridized carbons (Fsp3) is 0.533. The molecule has 7 heteroatoms. The normalized spacial score (nSPS) is 19.6. The van der Waals surface area contributed by atoms with Crippen LogP contribution in [0, 0.1) is 13.8 Å². The Bertz CT molecular complexity index is 643. The number of carbonyl (C=O) groups is 1. The quantitative estimate of drug-likeness (QED) is 0.796. The Morgan fingerprint density at radius 3 is 2.73 bits per heavy atom. The van der Waals surface area contributed by atoms with Gasteiger partial charge in [-0.15, -0.1) is 0 Å². The van der Waals surface area contributed by atoms with E-state index in [2.05, 4.69) is 10.6 Å². The third kappa shape index (κ3) is 4.91. The molecule has 122 valence electrons. The molecule has 1 aliphatic rings. The Balaban J connectivity index is 1.66. The molecule has 0 aromatic heterocycles. The molecule has 0 radical (unpaired) electrons. The predicted octanol–water partition coefficient (Wildman–Crippen LogP) is 1.17. The summed E-state index contributed by atoms with van der Waals surface area (Å²) in [6.07, 6.45) is 0.481. The summed E-state index contributed by atoms with van der Waals surface area (Å²) in [5.74, 6) is 0.945. The van der Waals surface area contributed by atoms with Crippen molar-refractivity contribution in [2.75, 3.05) is 24.7 Å². The van der Waals surface area contributed by atoms with Gasteiger partial charge in [0.05, 0.1) is 18.1 Å². The second kappa shape index (κ2) is 7.00. The van der Waals surface area contributed by atoms with Crippen LogP contribution in [0.3, 0.4) is 0 Å². The number of hydrogen-bond acceptors (Lipinski definition) is 4. The van der Waals surface area contributed by atoms with Crippen molar-refractivity contribution in [2.24, 2.45) is 0 Å². The first-order valence-corrected chi connectivity index (χ1v) is 9.13. The Labute approximate surface area is 131 Å². The molecule has 6 nitrogen and oxygen atoms in total. The molecule has 2 amide bonds. The first-order chi connectivity index (χ1) is 10.4. The van der Waals surface area contributed by atoms with Gasteiger partial charge in [0.1, 0.15) is 12.4 Å². The van der Waals surface area contributed by atoms with Crippen LogP contribution in [0.4, 0.5) is 4.79 Å². The highest BCUT2D eigenvalue weighted by molar-refractivity contribution is 7.91. The van der Waals surface area contributed by atoms with Crippen molar-refractivity contribution in [1.29, 1.82) is 0 Å². The van der Waals surface area contributed by atoms with Gasteiger partial charge in [-0.3, -0.25) is 0 Å². The maximum absolute atomic E-state index is 11.6. The van der Waals surface area contributed by atoms with Gasteiger partial charge in [0.15, 0.2) is 9.84 Å². The van der Waals surface area contributed by atoms with Crippen LogP contribution in [-0.2, 0) is 9.84 Å². The topological polar surface area (TPSA) is 84.5 Å². The summed E-state index contributed by atoms with van der Waals surface area (Å²) in [7, 11) is -2.98. The molecule has 1 atom stereocenters. The Hall–Kier alpha value is -1.76. The van der Waals surface area contributed by atoms with Gasteiger partial charge in [0.2, 0.25) is 0 Å². The molecule has 1 unspecified atom stereocenters. The van der Waals surface area contributed by atoms with Gasteiger partial charge in [-0.05, 0) is 43.5 Å². The van der Waals surface area contributed by atoms with E-state index in [0.717, 1.165) is 11.3 Å². The number of ether oxygens (including phenoxy) is 1. The van der Waals surface area contributed by atoms with E-state index in [1.54, 1.807) is 0 Å². The van der Waals surface area contributed by atoms with Crippen LogP contribution in [0.1, 0.15) is 17.5 Å². The third-order valence-electron chi connectivity index (χ3n) is 3.70. The van der Waals surface area contributed by atoms with Crippen molar-refractivity contribution in [3.8, 4) is 5.75 Å². The molecule has 1 heterocycles. The van der Waals surface area contributed by atoms with Crippen molar-refractivity contribution >= 4 is 15.9 Å². The number of benzene rings is 1. The molecule has 1 fully saturated rings. The molecular weight excluding hydrogens is 304 g/mol. The minimum atomic E-state index is -2.98. The number of nitrogens with one attached hydrogen (secondary N) is 2. The van der Waals surface area contributed by atoms with Gasteiger partial charge in [0.25, 0.3) is 0 Å². The van der Waals surface area contributed by atoms with E-state index in [0.29, 0.717) is 19.6 Å². The number of sulfone groups is 1.